The zero-order chi connectivity index (χ0) is 19.4. The molecule has 27 heavy (non-hydrogen) atoms. The first-order chi connectivity index (χ1) is 13.0. The highest BCUT2D eigenvalue weighted by atomic mass is 19.3. The maximum absolute atomic E-state index is 12.7. The summed E-state index contributed by atoms with van der Waals surface area (Å²) in [5.41, 5.74) is 1.14. The number of para-hydroxylation sites is 2. The molecule has 0 unspecified atom stereocenters. The van der Waals surface area contributed by atoms with E-state index in [0.717, 1.165) is 0 Å². The van der Waals surface area contributed by atoms with Crippen LogP contribution in [0.15, 0.2) is 48.5 Å². The molecule has 0 atom stereocenters. The van der Waals surface area contributed by atoms with Crippen molar-refractivity contribution in [2.75, 3.05) is 7.11 Å². The van der Waals surface area contributed by atoms with E-state index in [2.05, 4.69) is 9.72 Å². The number of nitrogens with zero attached hydrogens (tertiary/aromatic N) is 1. The van der Waals surface area contributed by atoms with Gasteiger partial charge in [0.05, 0.1) is 24.3 Å². The number of hydrogen-bond acceptors (Lipinski definition) is 5. The average molecular weight is 370 g/mol. The molecule has 0 spiro atoms. The second-order valence-corrected chi connectivity index (χ2v) is 5.49. The molecular weight excluding hydrogens is 356 g/mol. The highest BCUT2D eigenvalue weighted by Crippen LogP contribution is 2.33. The number of halogens is 2. The fourth-order valence-corrected chi connectivity index (χ4v) is 2.67. The third-order valence-corrected chi connectivity index (χ3v) is 3.83. The van der Waals surface area contributed by atoms with Gasteiger partial charge in [0.15, 0.2) is 11.5 Å². The summed E-state index contributed by atoms with van der Waals surface area (Å²) in [5.74, 6) is -1.29. The summed E-state index contributed by atoms with van der Waals surface area (Å²) in [4.78, 5) is 15.8. The first kappa shape index (κ1) is 18.3. The van der Waals surface area contributed by atoms with Crippen molar-refractivity contribution in [3.8, 4) is 11.5 Å². The van der Waals surface area contributed by atoms with Gasteiger partial charge in [0.2, 0.25) is 0 Å². The van der Waals surface area contributed by atoms with E-state index in [4.69, 9.17) is 4.74 Å². The number of carboxylic acids is 1. The number of benzene rings is 2. The van der Waals surface area contributed by atoms with E-state index in [1.54, 1.807) is 36.4 Å². The number of alkyl halides is 2. The third-order valence-electron chi connectivity index (χ3n) is 3.83. The number of aromatic nitrogens is 1. The Kier molecular flexibility index (Phi) is 5.30. The van der Waals surface area contributed by atoms with Crippen LogP contribution in [0, 0.1) is 0 Å². The Hall–Kier alpha value is -3.48. The van der Waals surface area contributed by atoms with E-state index in [1.165, 1.54) is 31.4 Å². The van der Waals surface area contributed by atoms with Gasteiger partial charge < -0.3 is 19.4 Å². The summed E-state index contributed by atoms with van der Waals surface area (Å²) in [6, 6.07) is 12.8. The second kappa shape index (κ2) is 7.82. The molecule has 0 aliphatic heterocycles. The fraction of sp³-hybridized carbons (Fsp3) is 0.100. The number of ether oxygens (including phenoxy) is 2. The van der Waals surface area contributed by atoms with E-state index in [-0.39, 0.29) is 17.1 Å². The zero-order valence-electron chi connectivity index (χ0n) is 14.2. The van der Waals surface area contributed by atoms with Crippen LogP contribution in [0.1, 0.15) is 21.6 Å². The molecule has 1 heterocycles. The van der Waals surface area contributed by atoms with Gasteiger partial charge in [-0.2, -0.15) is 8.78 Å². The second-order valence-electron chi connectivity index (χ2n) is 5.49. The van der Waals surface area contributed by atoms with Crippen LogP contribution in [0.25, 0.3) is 23.1 Å². The molecule has 0 saturated heterocycles. The number of fused-ring (bicyclic) bond motifs is 1. The van der Waals surface area contributed by atoms with Crippen LogP contribution < -0.4 is 14.6 Å². The van der Waals surface area contributed by atoms with Crippen molar-refractivity contribution in [2.24, 2.45) is 0 Å². The van der Waals surface area contributed by atoms with Gasteiger partial charge in [-0.15, -0.1) is 0 Å². The van der Waals surface area contributed by atoms with Gasteiger partial charge in [0.25, 0.3) is 0 Å². The fourth-order valence-electron chi connectivity index (χ4n) is 2.67. The van der Waals surface area contributed by atoms with Gasteiger partial charge >= 0.3 is 6.61 Å². The lowest BCUT2D eigenvalue weighted by atomic mass is 10.1. The topological polar surface area (TPSA) is 71.5 Å². The predicted octanol–water partition coefficient (Wildman–Crippen LogP) is 3.38. The molecule has 0 amide bonds. The van der Waals surface area contributed by atoms with Crippen LogP contribution in [0.4, 0.5) is 8.78 Å². The molecule has 138 valence electrons. The molecule has 0 fully saturated rings. The molecule has 5 nitrogen and oxygen atoms in total. The number of methoxy groups -OCH3 is 1. The first-order valence-corrected chi connectivity index (χ1v) is 7.90. The largest absolute Gasteiger partial charge is 0.545 e. The average Bonchev–Trinajstić information content (AvgIpc) is 2.65. The summed E-state index contributed by atoms with van der Waals surface area (Å²) in [6.45, 7) is -3.02. The normalized spacial score (nSPS) is 11.3. The summed E-state index contributed by atoms with van der Waals surface area (Å²) in [5, 5.41) is 11.9. The van der Waals surface area contributed by atoms with Crippen LogP contribution in [0.2, 0.25) is 0 Å². The number of carbonyl (C=O) groups excluding carboxylic acids is 1. The molecule has 0 radical (unpaired) electrons. The molecule has 7 heteroatoms. The lowest BCUT2D eigenvalue weighted by molar-refractivity contribution is -0.254. The number of rotatable bonds is 6. The van der Waals surface area contributed by atoms with Gasteiger partial charge in [-0.05, 0) is 30.4 Å². The Labute approximate surface area is 153 Å². The molecule has 0 aliphatic rings. The first-order valence-electron chi connectivity index (χ1n) is 7.90. The summed E-state index contributed by atoms with van der Waals surface area (Å²) < 4.78 is 35.0. The zero-order valence-corrected chi connectivity index (χ0v) is 14.2. The van der Waals surface area contributed by atoms with Crippen LogP contribution in [-0.2, 0) is 0 Å². The van der Waals surface area contributed by atoms with E-state index in [0.29, 0.717) is 22.2 Å². The van der Waals surface area contributed by atoms with Crippen LogP contribution in [0.5, 0.6) is 11.5 Å². The summed E-state index contributed by atoms with van der Waals surface area (Å²) in [6.07, 6.45) is 3.00. The van der Waals surface area contributed by atoms with Crippen molar-refractivity contribution in [1.29, 1.82) is 0 Å². The smallest absolute Gasteiger partial charge is 0.387 e. The molecule has 0 aliphatic carbocycles. The van der Waals surface area contributed by atoms with Crippen molar-refractivity contribution < 1.29 is 28.2 Å². The SMILES string of the molecule is COc1cccc(/C=C/c2cc(C(=O)[O-])c3ccccc3n2)c1OC(F)F. The lowest BCUT2D eigenvalue weighted by Gasteiger charge is -2.12. The molecule has 3 aromatic rings. The maximum Gasteiger partial charge on any atom is 0.387 e. The third kappa shape index (κ3) is 4.03. The monoisotopic (exact) mass is 370 g/mol. The number of pyridine rings is 1. The standard InChI is InChI=1S/C20H15F2NO4/c1-26-17-8-4-5-12(18(17)27-20(21)22)9-10-13-11-15(19(24)25)14-6-2-3-7-16(14)23-13/h2-11,20H,1H3,(H,24,25)/p-1/b10-9+. The molecule has 0 N–H and O–H groups in total. The Morgan fingerprint density at radius 3 is 2.63 bits per heavy atom. The number of carbonyl (C=O) groups is 1. The van der Waals surface area contributed by atoms with E-state index < -0.39 is 12.6 Å². The summed E-state index contributed by atoms with van der Waals surface area (Å²) in [7, 11) is 1.35. The van der Waals surface area contributed by atoms with Gasteiger partial charge in [-0.25, -0.2) is 4.98 Å². The minimum Gasteiger partial charge on any atom is -0.545 e. The Morgan fingerprint density at radius 2 is 1.93 bits per heavy atom. The molecule has 3 rings (SSSR count). The molecule has 0 bridgehead atoms. The minimum atomic E-state index is -3.02. The van der Waals surface area contributed by atoms with Crippen molar-refractivity contribution in [2.45, 2.75) is 6.61 Å². The van der Waals surface area contributed by atoms with Crippen LogP contribution >= 0.6 is 0 Å². The van der Waals surface area contributed by atoms with Gasteiger partial charge in [0, 0.05) is 16.5 Å². The Balaban J connectivity index is 2.05. The van der Waals surface area contributed by atoms with E-state index in [1.807, 2.05) is 0 Å². The van der Waals surface area contributed by atoms with E-state index in [9.17, 15) is 18.7 Å². The molecule has 1 aromatic heterocycles. The quantitative estimate of drug-likeness (QED) is 0.665. The highest BCUT2D eigenvalue weighted by Gasteiger charge is 2.14. The van der Waals surface area contributed by atoms with Crippen molar-refractivity contribution in [3.05, 3.63) is 65.4 Å². The van der Waals surface area contributed by atoms with Crippen molar-refractivity contribution >= 4 is 29.0 Å². The molecule has 0 saturated carbocycles. The lowest BCUT2D eigenvalue weighted by Crippen LogP contribution is -2.22. The van der Waals surface area contributed by atoms with Crippen molar-refractivity contribution in [1.82, 2.24) is 4.98 Å². The number of carboxylic acid groups (broad SMARTS) is 1. The predicted molar refractivity (Wildman–Crippen MR) is 94.6 cm³/mol. The van der Waals surface area contributed by atoms with Gasteiger partial charge in [-0.3, -0.25) is 0 Å². The van der Waals surface area contributed by atoms with E-state index >= 15 is 0 Å². The number of aromatic carboxylic acids is 1. The Bertz CT molecular complexity index is 1020. The maximum atomic E-state index is 12.7. The van der Waals surface area contributed by atoms with Crippen LogP contribution in [-0.4, -0.2) is 24.7 Å². The number of hydrogen-bond donors (Lipinski definition) is 0. The van der Waals surface area contributed by atoms with Gasteiger partial charge in [0.1, 0.15) is 0 Å². The molecule has 2 aromatic carbocycles. The van der Waals surface area contributed by atoms with Crippen molar-refractivity contribution in [3.63, 3.8) is 0 Å². The Morgan fingerprint density at radius 1 is 1.15 bits per heavy atom. The van der Waals surface area contributed by atoms with Gasteiger partial charge in [-0.1, -0.05) is 30.3 Å². The summed E-state index contributed by atoms with van der Waals surface area (Å²) >= 11 is 0. The molecular formula is C20H14F2NO4-. The van der Waals surface area contributed by atoms with Crippen LogP contribution in [0.3, 0.4) is 0 Å². The highest BCUT2D eigenvalue weighted by molar-refractivity contribution is 6.02. The minimum absolute atomic E-state index is 0.00468.